The van der Waals surface area contributed by atoms with Crippen molar-refractivity contribution in [3.8, 4) is 27.8 Å². The fourth-order valence-electron chi connectivity index (χ4n) is 2.74. The molecule has 4 aromatic rings. The average Bonchev–Trinajstić information content (AvgIpc) is 3.38. The Balaban J connectivity index is 1.51. The van der Waals surface area contributed by atoms with Gasteiger partial charge in [0.25, 0.3) is 0 Å². The number of rotatable bonds is 7. The Kier molecular flexibility index (Phi) is 6.29. The molecule has 0 unspecified atom stereocenters. The van der Waals surface area contributed by atoms with Crippen LogP contribution in [0.1, 0.15) is 5.69 Å². The largest absolute Gasteiger partial charge is 0.493 e. The third-order valence-electron chi connectivity index (χ3n) is 4.06. The van der Waals surface area contributed by atoms with Gasteiger partial charge in [-0.15, -0.1) is 16.4 Å². The molecule has 2 aromatic heterocycles. The maximum atomic E-state index is 5.53. The van der Waals surface area contributed by atoms with Crippen molar-refractivity contribution in [3.63, 3.8) is 0 Å². The molecule has 0 aliphatic heterocycles. The zero-order valence-electron chi connectivity index (χ0n) is 15.7. The number of aromatic nitrogens is 3. The maximum absolute atomic E-state index is 5.53. The van der Waals surface area contributed by atoms with E-state index in [1.807, 2.05) is 48.5 Å². The summed E-state index contributed by atoms with van der Waals surface area (Å²) in [7, 11) is 3.28. The van der Waals surface area contributed by atoms with Crippen molar-refractivity contribution in [1.82, 2.24) is 14.8 Å². The highest BCUT2D eigenvalue weighted by Crippen LogP contribution is 2.39. The Labute approximate surface area is 186 Å². The van der Waals surface area contributed by atoms with E-state index in [0.717, 1.165) is 36.0 Å². The molecule has 9 heteroatoms. The summed E-state index contributed by atoms with van der Waals surface area (Å²) < 4.78 is 14.4. The topological polar surface area (TPSA) is 49.2 Å². The van der Waals surface area contributed by atoms with Crippen molar-refractivity contribution in [2.24, 2.45) is 0 Å². The van der Waals surface area contributed by atoms with Gasteiger partial charge in [-0.2, -0.15) is 0 Å². The number of hydrogen-bond donors (Lipinski definition) is 0. The summed E-state index contributed by atoms with van der Waals surface area (Å²) >= 11 is 10.2. The lowest BCUT2D eigenvalue weighted by atomic mass is 10.2. The van der Waals surface area contributed by atoms with E-state index in [1.54, 1.807) is 42.0 Å². The third-order valence-corrected chi connectivity index (χ3v) is 7.38. The number of thiazole rings is 1. The van der Waals surface area contributed by atoms with Gasteiger partial charge in [-0.3, -0.25) is 0 Å². The zero-order valence-corrected chi connectivity index (χ0v) is 19.0. The van der Waals surface area contributed by atoms with Gasteiger partial charge >= 0.3 is 0 Å². The molecule has 2 aromatic carbocycles. The van der Waals surface area contributed by atoms with E-state index < -0.39 is 0 Å². The van der Waals surface area contributed by atoms with E-state index in [-0.39, 0.29) is 0 Å². The average molecular weight is 460 g/mol. The number of benzene rings is 2. The Hall–Kier alpha value is -2.20. The quantitative estimate of drug-likeness (QED) is 0.246. The Morgan fingerprint density at radius 1 is 1.07 bits per heavy atom. The van der Waals surface area contributed by atoms with Gasteiger partial charge in [-0.1, -0.05) is 47.4 Å². The SMILES string of the molecule is COc1cccc(-c2nc(CSc3nn(-c4ccccc4)c(=S)s3)cs2)c1OC. The lowest BCUT2D eigenvalue weighted by Gasteiger charge is -2.10. The number of para-hydroxylation sites is 2. The summed E-state index contributed by atoms with van der Waals surface area (Å²) in [6, 6.07) is 15.7. The molecule has 0 bridgehead atoms. The Morgan fingerprint density at radius 2 is 1.90 bits per heavy atom. The lowest BCUT2D eigenvalue weighted by Crippen LogP contribution is -1.95. The van der Waals surface area contributed by atoms with Gasteiger partial charge < -0.3 is 9.47 Å². The van der Waals surface area contributed by atoms with Crippen molar-refractivity contribution in [3.05, 3.63) is 63.6 Å². The molecule has 0 aliphatic rings. The van der Waals surface area contributed by atoms with E-state index >= 15 is 0 Å². The van der Waals surface area contributed by atoms with Crippen LogP contribution in [0.2, 0.25) is 0 Å². The maximum Gasteiger partial charge on any atom is 0.184 e. The van der Waals surface area contributed by atoms with Crippen LogP contribution in [0.4, 0.5) is 0 Å². The molecule has 0 saturated heterocycles. The zero-order chi connectivity index (χ0) is 20.2. The van der Waals surface area contributed by atoms with Gasteiger partial charge in [0.05, 0.1) is 31.2 Å². The fraction of sp³-hybridized carbons (Fsp3) is 0.150. The molecule has 4 rings (SSSR count). The smallest absolute Gasteiger partial charge is 0.184 e. The predicted octanol–water partition coefficient (Wildman–Crippen LogP) is 6.10. The normalized spacial score (nSPS) is 10.8. The summed E-state index contributed by atoms with van der Waals surface area (Å²) in [5.41, 5.74) is 2.89. The first kappa shape index (κ1) is 20.1. The van der Waals surface area contributed by atoms with Crippen LogP contribution in [0.15, 0.2) is 58.3 Å². The van der Waals surface area contributed by atoms with Gasteiger partial charge in [0, 0.05) is 11.1 Å². The van der Waals surface area contributed by atoms with Gasteiger partial charge in [-0.25, -0.2) is 9.67 Å². The lowest BCUT2D eigenvalue weighted by molar-refractivity contribution is 0.356. The highest BCUT2D eigenvalue weighted by Gasteiger charge is 2.15. The van der Waals surface area contributed by atoms with Crippen LogP contribution in [-0.4, -0.2) is 29.0 Å². The van der Waals surface area contributed by atoms with Crippen LogP contribution in [0.5, 0.6) is 11.5 Å². The number of nitrogens with zero attached hydrogens (tertiary/aromatic N) is 3. The van der Waals surface area contributed by atoms with Crippen LogP contribution in [0, 0.1) is 3.95 Å². The molecular formula is C20H17N3O2S4. The minimum Gasteiger partial charge on any atom is -0.493 e. The third kappa shape index (κ3) is 4.37. The molecular weight excluding hydrogens is 443 g/mol. The summed E-state index contributed by atoms with van der Waals surface area (Å²) in [6.45, 7) is 0. The fourth-order valence-corrected chi connectivity index (χ4v) is 5.94. The molecule has 5 nitrogen and oxygen atoms in total. The molecule has 0 fully saturated rings. The standard InChI is InChI=1S/C20H17N3O2S4/c1-24-16-10-6-9-15(17(16)25-2)18-21-13(11-27-18)12-28-19-22-23(20(26)29-19)14-7-4-3-5-8-14/h3-11H,12H2,1-2H3. The Morgan fingerprint density at radius 3 is 2.66 bits per heavy atom. The minimum absolute atomic E-state index is 0.697. The second kappa shape index (κ2) is 9.08. The molecule has 0 aliphatic carbocycles. The van der Waals surface area contributed by atoms with Crippen LogP contribution >= 0.6 is 46.7 Å². The van der Waals surface area contributed by atoms with Crippen LogP contribution in [-0.2, 0) is 5.75 Å². The first-order valence-corrected chi connectivity index (χ1v) is 11.7. The predicted molar refractivity (Wildman–Crippen MR) is 122 cm³/mol. The van der Waals surface area contributed by atoms with Crippen LogP contribution in [0.3, 0.4) is 0 Å². The number of ether oxygens (including phenoxy) is 2. The highest BCUT2D eigenvalue weighted by atomic mass is 32.2. The van der Waals surface area contributed by atoms with Crippen molar-refractivity contribution in [1.29, 1.82) is 0 Å². The number of hydrogen-bond acceptors (Lipinski definition) is 8. The van der Waals surface area contributed by atoms with Gasteiger partial charge in [0.15, 0.2) is 19.8 Å². The van der Waals surface area contributed by atoms with Crippen molar-refractivity contribution < 1.29 is 9.47 Å². The van der Waals surface area contributed by atoms with E-state index in [0.29, 0.717) is 11.5 Å². The minimum atomic E-state index is 0.697. The van der Waals surface area contributed by atoms with E-state index in [4.69, 9.17) is 26.7 Å². The van der Waals surface area contributed by atoms with Crippen LogP contribution in [0.25, 0.3) is 16.3 Å². The molecule has 29 heavy (non-hydrogen) atoms. The molecule has 0 radical (unpaired) electrons. The van der Waals surface area contributed by atoms with Crippen molar-refractivity contribution in [2.75, 3.05) is 14.2 Å². The van der Waals surface area contributed by atoms with E-state index in [2.05, 4.69) is 10.5 Å². The number of methoxy groups -OCH3 is 2. The van der Waals surface area contributed by atoms with E-state index in [9.17, 15) is 0 Å². The monoisotopic (exact) mass is 459 g/mol. The van der Waals surface area contributed by atoms with E-state index in [1.165, 1.54) is 11.3 Å². The molecule has 2 heterocycles. The molecule has 0 spiro atoms. The summed E-state index contributed by atoms with van der Waals surface area (Å²) in [5.74, 6) is 2.12. The first-order valence-electron chi connectivity index (χ1n) is 8.63. The summed E-state index contributed by atoms with van der Waals surface area (Å²) in [6.07, 6.45) is 0. The number of thioether (sulfide) groups is 1. The van der Waals surface area contributed by atoms with Crippen molar-refractivity contribution in [2.45, 2.75) is 10.1 Å². The highest BCUT2D eigenvalue weighted by molar-refractivity contribution is 8.00. The van der Waals surface area contributed by atoms with Gasteiger partial charge in [0.1, 0.15) is 5.01 Å². The van der Waals surface area contributed by atoms with Gasteiger partial charge in [-0.05, 0) is 36.5 Å². The second-order valence-corrected chi connectivity index (χ2v) is 9.56. The molecule has 0 atom stereocenters. The Bertz CT molecular complexity index is 1170. The molecule has 0 amide bonds. The van der Waals surface area contributed by atoms with Crippen LogP contribution < -0.4 is 9.47 Å². The summed E-state index contributed by atoms with van der Waals surface area (Å²) in [4.78, 5) is 4.77. The first-order chi connectivity index (χ1) is 14.2. The second-order valence-electron chi connectivity index (χ2n) is 5.85. The molecule has 0 saturated carbocycles. The van der Waals surface area contributed by atoms with Gasteiger partial charge in [0.2, 0.25) is 0 Å². The molecule has 148 valence electrons. The molecule has 0 N–H and O–H groups in total. The van der Waals surface area contributed by atoms with Crippen molar-refractivity contribution >= 4 is 46.7 Å². The summed E-state index contributed by atoms with van der Waals surface area (Å²) in [5, 5.41) is 7.61.